The van der Waals surface area contributed by atoms with Crippen molar-refractivity contribution in [2.75, 3.05) is 19.6 Å². The van der Waals surface area contributed by atoms with E-state index in [1.807, 2.05) is 13.8 Å². The van der Waals surface area contributed by atoms with Crippen LogP contribution in [-0.2, 0) is 0 Å². The quantitative estimate of drug-likeness (QED) is 0.802. The molecule has 1 N–H and O–H groups in total. The van der Waals surface area contributed by atoms with Gasteiger partial charge in [-0.15, -0.1) is 0 Å². The summed E-state index contributed by atoms with van der Waals surface area (Å²) in [5.74, 6) is 0. The molecule has 114 valence electrons. The van der Waals surface area contributed by atoms with E-state index in [0.29, 0.717) is 6.54 Å². The highest BCUT2D eigenvalue weighted by molar-refractivity contribution is 4.90. The van der Waals surface area contributed by atoms with E-state index in [1.54, 1.807) is 4.90 Å². The maximum absolute atomic E-state index is 12.6. The second kappa shape index (κ2) is 5.60. The molecule has 5 heteroatoms. The van der Waals surface area contributed by atoms with Crippen LogP contribution in [0.15, 0.2) is 0 Å². The summed E-state index contributed by atoms with van der Waals surface area (Å²) in [6.45, 7) is 10.7. The molecule has 0 aromatic carbocycles. The van der Waals surface area contributed by atoms with Crippen LogP contribution >= 0.6 is 0 Å². The third kappa shape index (κ3) is 7.78. The van der Waals surface area contributed by atoms with Gasteiger partial charge in [0, 0.05) is 24.7 Å². The molecule has 0 aliphatic heterocycles. The number of hydrogen-bond acceptors (Lipinski definition) is 2. The molecule has 0 heterocycles. The lowest BCUT2D eigenvalue weighted by Crippen LogP contribution is -2.48. The van der Waals surface area contributed by atoms with Crippen LogP contribution in [0.25, 0.3) is 0 Å². The van der Waals surface area contributed by atoms with Gasteiger partial charge in [0.25, 0.3) is 0 Å². The molecule has 0 spiro atoms. The number of rotatable bonds is 6. The van der Waals surface area contributed by atoms with Crippen LogP contribution in [0.2, 0.25) is 0 Å². The first-order chi connectivity index (χ1) is 8.38. The minimum Gasteiger partial charge on any atom is -0.311 e. The van der Waals surface area contributed by atoms with Gasteiger partial charge in [-0.2, -0.15) is 13.2 Å². The Balaban J connectivity index is 2.52. The van der Waals surface area contributed by atoms with E-state index >= 15 is 0 Å². The molecule has 0 unspecified atom stereocenters. The van der Waals surface area contributed by atoms with Crippen LogP contribution in [0, 0.1) is 5.41 Å². The van der Waals surface area contributed by atoms with E-state index in [-0.39, 0.29) is 17.0 Å². The van der Waals surface area contributed by atoms with Crippen LogP contribution < -0.4 is 5.32 Å². The van der Waals surface area contributed by atoms with Gasteiger partial charge in [-0.05, 0) is 39.0 Å². The number of nitrogens with one attached hydrogen (secondary N) is 1. The summed E-state index contributed by atoms with van der Waals surface area (Å²) in [5.41, 5.74) is -0.174. The fourth-order valence-electron chi connectivity index (χ4n) is 2.09. The second-order valence-corrected chi connectivity index (χ2v) is 7.52. The molecule has 1 aliphatic rings. The van der Waals surface area contributed by atoms with Crippen LogP contribution in [0.1, 0.15) is 47.5 Å². The van der Waals surface area contributed by atoms with Crippen LogP contribution in [-0.4, -0.2) is 42.3 Å². The highest BCUT2D eigenvalue weighted by Gasteiger charge is 2.40. The molecular formula is C14H27F3N2. The van der Waals surface area contributed by atoms with Crippen molar-refractivity contribution < 1.29 is 13.2 Å². The molecule has 1 saturated carbocycles. The first-order valence-electron chi connectivity index (χ1n) is 6.94. The normalized spacial score (nSPS) is 18.2. The first-order valence-corrected chi connectivity index (χ1v) is 6.94. The third-order valence-electron chi connectivity index (χ3n) is 3.17. The summed E-state index contributed by atoms with van der Waals surface area (Å²) in [4.78, 5) is 1.60. The Morgan fingerprint density at radius 3 is 1.89 bits per heavy atom. The van der Waals surface area contributed by atoms with E-state index in [0.717, 1.165) is 19.4 Å². The second-order valence-electron chi connectivity index (χ2n) is 7.52. The molecule has 0 atom stereocenters. The Kier molecular flexibility index (Phi) is 4.94. The molecule has 0 amide bonds. The maximum Gasteiger partial charge on any atom is 0.401 e. The number of alkyl halides is 3. The van der Waals surface area contributed by atoms with Crippen molar-refractivity contribution in [3.8, 4) is 0 Å². The van der Waals surface area contributed by atoms with Crippen LogP contribution in [0.3, 0.4) is 0 Å². The van der Waals surface area contributed by atoms with Gasteiger partial charge < -0.3 is 5.32 Å². The van der Waals surface area contributed by atoms with Gasteiger partial charge in [-0.3, -0.25) is 4.90 Å². The van der Waals surface area contributed by atoms with Crippen molar-refractivity contribution in [1.82, 2.24) is 10.2 Å². The molecule has 0 aromatic heterocycles. The van der Waals surface area contributed by atoms with E-state index in [2.05, 4.69) is 26.1 Å². The fraction of sp³-hybridized carbons (Fsp3) is 1.00. The Morgan fingerprint density at radius 1 is 1.00 bits per heavy atom. The largest absolute Gasteiger partial charge is 0.401 e. The Hall–Kier alpha value is -0.290. The van der Waals surface area contributed by atoms with E-state index in [9.17, 15) is 13.2 Å². The molecule has 1 rings (SSSR count). The lowest BCUT2D eigenvalue weighted by molar-refractivity contribution is -0.150. The lowest BCUT2D eigenvalue weighted by Gasteiger charge is -2.35. The zero-order chi connectivity index (χ0) is 14.9. The average Bonchev–Trinajstić information content (AvgIpc) is 2.93. The van der Waals surface area contributed by atoms with Gasteiger partial charge >= 0.3 is 6.18 Å². The predicted molar refractivity (Wildman–Crippen MR) is 72.2 cm³/mol. The number of halogens is 3. The van der Waals surface area contributed by atoms with E-state index in [1.165, 1.54) is 0 Å². The minimum atomic E-state index is -4.10. The monoisotopic (exact) mass is 280 g/mol. The summed E-state index contributed by atoms with van der Waals surface area (Å²) in [7, 11) is 0. The summed E-state index contributed by atoms with van der Waals surface area (Å²) in [6, 6.07) is 0.135. The lowest BCUT2D eigenvalue weighted by atomic mass is 9.91. The first kappa shape index (κ1) is 16.8. The smallest absolute Gasteiger partial charge is 0.311 e. The highest BCUT2D eigenvalue weighted by Crippen LogP contribution is 2.32. The summed E-state index contributed by atoms with van der Waals surface area (Å²) in [5, 5.41) is 3.38. The van der Waals surface area contributed by atoms with Gasteiger partial charge in [0.1, 0.15) is 0 Å². The zero-order valence-electron chi connectivity index (χ0n) is 12.7. The van der Waals surface area contributed by atoms with Gasteiger partial charge in [0.2, 0.25) is 0 Å². The standard InChI is InChI=1S/C14H27F3N2/c1-12(2,3)18-8-13(4,5)9-19(11-6-7-11)10-14(15,16)17/h11,18H,6-10H2,1-5H3. The van der Waals surface area contributed by atoms with E-state index < -0.39 is 12.7 Å². The predicted octanol–water partition coefficient (Wildman–Crippen LogP) is 3.43. The Morgan fingerprint density at radius 2 is 1.53 bits per heavy atom. The molecule has 0 aromatic rings. The average molecular weight is 280 g/mol. The molecule has 0 bridgehead atoms. The van der Waals surface area contributed by atoms with Gasteiger partial charge in [0.15, 0.2) is 0 Å². The van der Waals surface area contributed by atoms with E-state index in [4.69, 9.17) is 0 Å². The Labute approximate surface area is 114 Å². The number of nitrogens with zero attached hydrogens (tertiary/aromatic N) is 1. The molecule has 19 heavy (non-hydrogen) atoms. The van der Waals surface area contributed by atoms with Crippen LogP contribution in [0.5, 0.6) is 0 Å². The summed E-state index contributed by atoms with van der Waals surface area (Å²) < 4.78 is 37.8. The summed E-state index contributed by atoms with van der Waals surface area (Å²) >= 11 is 0. The van der Waals surface area contributed by atoms with Gasteiger partial charge in [-0.25, -0.2) is 0 Å². The molecule has 1 aliphatic carbocycles. The summed E-state index contributed by atoms with van der Waals surface area (Å²) in [6.07, 6.45) is -2.30. The SMILES string of the molecule is CC(C)(CNC(C)(C)C)CN(CC(F)(F)F)C1CC1. The van der Waals surface area contributed by atoms with Crippen molar-refractivity contribution in [3.63, 3.8) is 0 Å². The molecule has 1 fully saturated rings. The minimum absolute atomic E-state index is 0.00823. The molecule has 0 saturated heterocycles. The number of hydrogen-bond donors (Lipinski definition) is 1. The topological polar surface area (TPSA) is 15.3 Å². The van der Waals surface area contributed by atoms with Gasteiger partial charge in [-0.1, -0.05) is 13.8 Å². The molecule has 0 radical (unpaired) electrons. The van der Waals surface area contributed by atoms with Crippen molar-refractivity contribution in [2.45, 2.75) is 65.2 Å². The fourth-order valence-corrected chi connectivity index (χ4v) is 2.09. The molecular weight excluding hydrogens is 253 g/mol. The van der Waals surface area contributed by atoms with Crippen molar-refractivity contribution >= 4 is 0 Å². The van der Waals surface area contributed by atoms with Crippen molar-refractivity contribution in [3.05, 3.63) is 0 Å². The molecule has 2 nitrogen and oxygen atoms in total. The maximum atomic E-state index is 12.6. The Bertz CT molecular complexity index is 288. The van der Waals surface area contributed by atoms with Gasteiger partial charge in [0.05, 0.1) is 6.54 Å². The van der Waals surface area contributed by atoms with Crippen LogP contribution in [0.4, 0.5) is 13.2 Å². The van der Waals surface area contributed by atoms with Crippen molar-refractivity contribution in [1.29, 1.82) is 0 Å². The zero-order valence-corrected chi connectivity index (χ0v) is 12.7. The third-order valence-corrected chi connectivity index (χ3v) is 3.17. The van der Waals surface area contributed by atoms with Crippen molar-refractivity contribution in [2.24, 2.45) is 5.41 Å². The highest BCUT2D eigenvalue weighted by atomic mass is 19.4.